The van der Waals surface area contributed by atoms with Gasteiger partial charge in [0.25, 0.3) is 0 Å². The molecule has 0 amide bonds. The molecule has 4 aliphatic rings. The molecular formula is C42H50F2N4O2. The first-order valence-electron chi connectivity index (χ1n) is 18.4. The van der Waals surface area contributed by atoms with E-state index in [1.165, 1.54) is 35.4 Å². The average molecular weight is 681 g/mol. The molecule has 0 radical (unpaired) electrons. The molecule has 4 fully saturated rings. The summed E-state index contributed by atoms with van der Waals surface area (Å²) in [5.41, 5.74) is 2.78. The van der Waals surface area contributed by atoms with Crippen LogP contribution >= 0.6 is 0 Å². The summed E-state index contributed by atoms with van der Waals surface area (Å²) in [5.74, 6) is 1.92. The number of hydrogen-bond donors (Lipinski definition) is 2. The summed E-state index contributed by atoms with van der Waals surface area (Å²) in [6.07, 6.45) is 14.9. The quantitative estimate of drug-likeness (QED) is 0.220. The number of aliphatic hydroxyl groups is 2. The summed E-state index contributed by atoms with van der Waals surface area (Å²) in [6, 6.07) is 21.1. The Morgan fingerprint density at radius 1 is 0.540 bits per heavy atom. The second kappa shape index (κ2) is 15.4. The van der Waals surface area contributed by atoms with Gasteiger partial charge in [-0.25, -0.2) is 8.78 Å². The third kappa shape index (κ3) is 8.31. The van der Waals surface area contributed by atoms with E-state index in [0.717, 1.165) is 102 Å². The minimum atomic E-state index is -0.790. The molecule has 0 bridgehead atoms. The third-order valence-electron chi connectivity index (χ3n) is 12.1. The number of hydrogen-bond acceptors (Lipinski definition) is 6. The maximum absolute atomic E-state index is 13.2. The average Bonchev–Trinajstić information content (AvgIpc) is 3.13. The fourth-order valence-electron chi connectivity index (χ4n) is 9.25. The fraction of sp³-hybridized carbons (Fsp3) is 0.476. The normalized spacial score (nSPS) is 30.0. The summed E-state index contributed by atoms with van der Waals surface area (Å²) >= 11 is 0. The second-order valence-corrected chi connectivity index (χ2v) is 15.4. The Kier molecular flexibility index (Phi) is 10.7. The lowest BCUT2D eigenvalue weighted by molar-refractivity contribution is -0.0619. The molecule has 2 saturated carbocycles. The SMILES string of the molecule is OC1(c2ccc(F)cc2)CCC2CN(Cc3ccncc3)CCC2C1.OC1(c2ccc(F)cc2)CCC2CN(Cc3ccncc3)CCC2C1. The van der Waals surface area contributed by atoms with Crippen molar-refractivity contribution in [3.8, 4) is 0 Å². The van der Waals surface area contributed by atoms with E-state index in [4.69, 9.17) is 0 Å². The zero-order chi connectivity index (χ0) is 34.6. The largest absolute Gasteiger partial charge is 0.385 e. The summed E-state index contributed by atoms with van der Waals surface area (Å²) in [5, 5.41) is 22.3. The van der Waals surface area contributed by atoms with E-state index in [2.05, 4.69) is 44.0 Å². The molecule has 2 aromatic heterocycles. The van der Waals surface area contributed by atoms with Crippen LogP contribution in [0.3, 0.4) is 0 Å². The molecule has 6 nitrogen and oxygen atoms in total. The number of likely N-dealkylation sites (tertiary alicyclic amines) is 2. The monoisotopic (exact) mass is 680 g/mol. The van der Waals surface area contributed by atoms with Crippen LogP contribution in [0.25, 0.3) is 0 Å². The molecule has 2 aliphatic carbocycles. The topological polar surface area (TPSA) is 72.7 Å². The van der Waals surface area contributed by atoms with Crippen LogP contribution in [0.1, 0.15) is 73.6 Å². The van der Waals surface area contributed by atoms with Crippen LogP contribution < -0.4 is 0 Å². The van der Waals surface area contributed by atoms with Crippen LogP contribution in [0.2, 0.25) is 0 Å². The van der Waals surface area contributed by atoms with Gasteiger partial charge in [-0.3, -0.25) is 19.8 Å². The summed E-state index contributed by atoms with van der Waals surface area (Å²) in [7, 11) is 0. The maximum Gasteiger partial charge on any atom is 0.123 e. The van der Waals surface area contributed by atoms with E-state index < -0.39 is 11.2 Å². The van der Waals surface area contributed by atoms with Gasteiger partial charge in [0.15, 0.2) is 0 Å². The maximum atomic E-state index is 13.2. The van der Waals surface area contributed by atoms with Gasteiger partial charge in [-0.05, 0) is 159 Å². The highest BCUT2D eigenvalue weighted by Crippen LogP contribution is 2.47. The lowest BCUT2D eigenvalue weighted by Crippen LogP contribution is -2.46. The van der Waals surface area contributed by atoms with Gasteiger partial charge in [0, 0.05) is 51.0 Å². The number of benzene rings is 2. The molecule has 6 unspecified atom stereocenters. The minimum absolute atomic E-state index is 0.245. The molecule has 2 saturated heterocycles. The van der Waals surface area contributed by atoms with Gasteiger partial charge in [0.2, 0.25) is 0 Å². The van der Waals surface area contributed by atoms with Crippen molar-refractivity contribution < 1.29 is 19.0 Å². The Balaban J connectivity index is 0.000000157. The van der Waals surface area contributed by atoms with E-state index in [9.17, 15) is 19.0 Å². The van der Waals surface area contributed by atoms with E-state index in [0.29, 0.717) is 23.7 Å². The molecule has 8 rings (SSSR count). The minimum Gasteiger partial charge on any atom is -0.385 e. The highest BCUT2D eigenvalue weighted by Gasteiger charge is 2.44. The number of piperidine rings is 2. The lowest BCUT2D eigenvalue weighted by Gasteiger charge is -2.47. The first kappa shape index (κ1) is 34.9. The Bertz CT molecular complexity index is 1540. The number of halogens is 2. The molecular weight excluding hydrogens is 630 g/mol. The highest BCUT2D eigenvalue weighted by atomic mass is 19.1. The molecule has 2 aliphatic heterocycles. The molecule has 8 heteroatoms. The number of nitrogens with zero attached hydrogens (tertiary/aromatic N) is 4. The van der Waals surface area contributed by atoms with E-state index in [-0.39, 0.29) is 11.6 Å². The summed E-state index contributed by atoms with van der Waals surface area (Å²) in [6.45, 7) is 6.31. The molecule has 6 atom stereocenters. The van der Waals surface area contributed by atoms with Crippen LogP contribution in [-0.2, 0) is 24.3 Å². The van der Waals surface area contributed by atoms with Crippen LogP contribution in [-0.4, -0.2) is 56.2 Å². The molecule has 264 valence electrons. The number of rotatable bonds is 6. The summed E-state index contributed by atoms with van der Waals surface area (Å²) in [4.78, 5) is 13.2. The number of aromatic nitrogens is 2. The number of pyridine rings is 2. The smallest absolute Gasteiger partial charge is 0.123 e. The van der Waals surface area contributed by atoms with Gasteiger partial charge in [-0.2, -0.15) is 0 Å². The van der Waals surface area contributed by atoms with Crippen molar-refractivity contribution >= 4 is 0 Å². The van der Waals surface area contributed by atoms with Crippen LogP contribution in [0, 0.1) is 35.3 Å². The first-order valence-corrected chi connectivity index (χ1v) is 18.4. The molecule has 50 heavy (non-hydrogen) atoms. The standard InChI is InChI=1S/2C21H25FN2O/c2*22-20-3-1-19(2-4-20)21(25)9-5-18-15-24(12-8-17(18)13-21)14-16-6-10-23-11-7-16/h2*1-4,6-7,10-11,17-18,25H,5,8-9,12-15H2. The van der Waals surface area contributed by atoms with Gasteiger partial charge in [0.05, 0.1) is 11.2 Å². The van der Waals surface area contributed by atoms with Crippen LogP contribution in [0.15, 0.2) is 97.6 Å². The van der Waals surface area contributed by atoms with E-state index in [1.54, 1.807) is 24.3 Å². The van der Waals surface area contributed by atoms with Crippen molar-refractivity contribution in [1.29, 1.82) is 0 Å². The molecule has 2 aromatic carbocycles. The van der Waals surface area contributed by atoms with Crippen LogP contribution in [0.4, 0.5) is 8.78 Å². The van der Waals surface area contributed by atoms with E-state index >= 15 is 0 Å². The molecule has 4 heterocycles. The number of fused-ring (bicyclic) bond motifs is 2. The Labute approximate surface area is 295 Å². The Hall–Kier alpha value is -3.56. The zero-order valence-corrected chi connectivity index (χ0v) is 28.9. The van der Waals surface area contributed by atoms with Gasteiger partial charge in [0.1, 0.15) is 11.6 Å². The second-order valence-electron chi connectivity index (χ2n) is 15.4. The Morgan fingerprint density at radius 2 is 0.920 bits per heavy atom. The van der Waals surface area contributed by atoms with Crippen molar-refractivity contribution in [2.24, 2.45) is 23.7 Å². The van der Waals surface area contributed by atoms with Crippen molar-refractivity contribution in [3.05, 3.63) is 131 Å². The molecule has 2 N–H and O–H groups in total. The lowest BCUT2D eigenvalue weighted by atomic mass is 9.66. The predicted molar refractivity (Wildman–Crippen MR) is 191 cm³/mol. The fourth-order valence-corrected chi connectivity index (χ4v) is 9.25. The van der Waals surface area contributed by atoms with Crippen LogP contribution in [0.5, 0.6) is 0 Å². The highest BCUT2D eigenvalue weighted by molar-refractivity contribution is 5.25. The van der Waals surface area contributed by atoms with Crippen molar-refractivity contribution in [3.63, 3.8) is 0 Å². The third-order valence-corrected chi connectivity index (χ3v) is 12.1. The van der Waals surface area contributed by atoms with Crippen molar-refractivity contribution in [1.82, 2.24) is 19.8 Å². The van der Waals surface area contributed by atoms with Crippen molar-refractivity contribution in [2.45, 2.75) is 75.7 Å². The van der Waals surface area contributed by atoms with Gasteiger partial charge < -0.3 is 10.2 Å². The first-order chi connectivity index (χ1) is 24.2. The summed E-state index contributed by atoms with van der Waals surface area (Å²) < 4.78 is 26.4. The van der Waals surface area contributed by atoms with E-state index in [1.807, 2.05) is 24.8 Å². The predicted octanol–water partition coefficient (Wildman–Crippen LogP) is 7.46. The van der Waals surface area contributed by atoms with Gasteiger partial charge in [-0.1, -0.05) is 24.3 Å². The van der Waals surface area contributed by atoms with Gasteiger partial charge in [-0.15, -0.1) is 0 Å². The molecule has 0 spiro atoms. The zero-order valence-electron chi connectivity index (χ0n) is 28.9. The van der Waals surface area contributed by atoms with Crippen molar-refractivity contribution in [2.75, 3.05) is 26.2 Å². The Morgan fingerprint density at radius 3 is 1.30 bits per heavy atom. The van der Waals surface area contributed by atoms with Gasteiger partial charge >= 0.3 is 0 Å². The molecule has 4 aromatic rings.